The van der Waals surface area contributed by atoms with Crippen molar-refractivity contribution in [1.29, 1.82) is 0 Å². The fourth-order valence-corrected chi connectivity index (χ4v) is 2.77. The van der Waals surface area contributed by atoms with E-state index in [1.54, 1.807) is 0 Å². The Hall–Kier alpha value is -0.610. The molecule has 18 heavy (non-hydrogen) atoms. The summed E-state index contributed by atoms with van der Waals surface area (Å²) < 4.78 is 5.65. The van der Waals surface area contributed by atoms with E-state index < -0.39 is 0 Å². The quantitative estimate of drug-likeness (QED) is 0.801. The first-order valence-corrected chi connectivity index (χ1v) is 7.46. The van der Waals surface area contributed by atoms with Crippen molar-refractivity contribution in [3.8, 4) is 0 Å². The molecule has 2 aliphatic heterocycles. The number of rotatable bonds is 4. The van der Waals surface area contributed by atoms with Gasteiger partial charge >= 0.3 is 0 Å². The normalized spacial score (nSPS) is 29.6. The van der Waals surface area contributed by atoms with Gasteiger partial charge in [0.05, 0.1) is 6.10 Å². The van der Waals surface area contributed by atoms with E-state index in [0.29, 0.717) is 18.6 Å². The first-order chi connectivity index (χ1) is 8.84. The van der Waals surface area contributed by atoms with Gasteiger partial charge in [-0.2, -0.15) is 0 Å². The summed E-state index contributed by atoms with van der Waals surface area (Å²) >= 11 is 0. The van der Waals surface area contributed by atoms with Gasteiger partial charge in [-0.15, -0.1) is 0 Å². The molecular formula is C14H26N2O2. The van der Waals surface area contributed by atoms with Gasteiger partial charge in [-0.1, -0.05) is 6.42 Å². The van der Waals surface area contributed by atoms with Crippen LogP contribution in [0.5, 0.6) is 0 Å². The van der Waals surface area contributed by atoms with Gasteiger partial charge in [0.2, 0.25) is 5.91 Å². The molecule has 0 aromatic carbocycles. The summed E-state index contributed by atoms with van der Waals surface area (Å²) in [4.78, 5) is 11.9. The van der Waals surface area contributed by atoms with Crippen molar-refractivity contribution in [2.45, 2.75) is 63.5 Å². The van der Waals surface area contributed by atoms with Crippen molar-refractivity contribution in [2.75, 3.05) is 19.7 Å². The van der Waals surface area contributed by atoms with E-state index >= 15 is 0 Å². The third-order valence-electron chi connectivity index (χ3n) is 3.88. The van der Waals surface area contributed by atoms with E-state index in [4.69, 9.17) is 4.74 Å². The predicted molar refractivity (Wildman–Crippen MR) is 71.5 cm³/mol. The smallest absolute Gasteiger partial charge is 0.220 e. The van der Waals surface area contributed by atoms with E-state index in [0.717, 1.165) is 39.0 Å². The number of hydrogen-bond acceptors (Lipinski definition) is 3. The largest absolute Gasteiger partial charge is 0.378 e. The Kier molecular flexibility index (Phi) is 5.94. The highest BCUT2D eigenvalue weighted by Gasteiger charge is 2.17. The molecule has 2 rings (SSSR count). The lowest BCUT2D eigenvalue weighted by Crippen LogP contribution is -2.41. The van der Waals surface area contributed by atoms with Crippen LogP contribution in [0.4, 0.5) is 0 Å². The molecule has 2 fully saturated rings. The molecule has 1 amide bonds. The molecule has 0 aliphatic carbocycles. The van der Waals surface area contributed by atoms with Crippen molar-refractivity contribution in [2.24, 2.45) is 0 Å². The molecule has 2 aliphatic rings. The predicted octanol–water partition coefficient (Wildman–Crippen LogP) is 1.59. The Labute approximate surface area is 110 Å². The summed E-state index contributed by atoms with van der Waals surface area (Å²) in [5.41, 5.74) is 0. The van der Waals surface area contributed by atoms with Crippen molar-refractivity contribution in [3.05, 3.63) is 0 Å². The van der Waals surface area contributed by atoms with Gasteiger partial charge in [-0.25, -0.2) is 0 Å². The minimum Gasteiger partial charge on any atom is -0.378 e. The maximum atomic E-state index is 11.9. The zero-order valence-corrected chi connectivity index (χ0v) is 11.2. The molecule has 2 saturated heterocycles. The van der Waals surface area contributed by atoms with Crippen LogP contribution in [0.3, 0.4) is 0 Å². The summed E-state index contributed by atoms with van der Waals surface area (Å²) in [7, 11) is 0. The summed E-state index contributed by atoms with van der Waals surface area (Å²) in [5.74, 6) is 0.192. The maximum Gasteiger partial charge on any atom is 0.220 e. The molecule has 104 valence electrons. The van der Waals surface area contributed by atoms with Gasteiger partial charge in [0.25, 0.3) is 0 Å². The van der Waals surface area contributed by atoms with Gasteiger partial charge in [0, 0.05) is 25.6 Å². The Bertz CT molecular complexity index is 244. The first-order valence-electron chi connectivity index (χ1n) is 7.46. The average molecular weight is 254 g/mol. The highest BCUT2D eigenvalue weighted by molar-refractivity contribution is 5.76. The van der Waals surface area contributed by atoms with Crippen molar-refractivity contribution in [1.82, 2.24) is 10.6 Å². The third kappa shape index (κ3) is 4.94. The monoisotopic (exact) mass is 254 g/mol. The highest BCUT2D eigenvalue weighted by Crippen LogP contribution is 2.17. The third-order valence-corrected chi connectivity index (χ3v) is 3.88. The van der Waals surface area contributed by atoms with Gasteiger partial charge in [0.1, 0.15) is 0 Å². The topological polar surface area (TPSA) is 50.4 Å². The molecule has 0 saturated carbocycles. The van der Waals surface area contributed by atoms with Gasteiger partial charge in [-0.3, -0.25) is 4.79 Å². The number of carbonyl (C=O) groups excluding carboxylic acids is 1. The summed E-state index contributed by atoms with van der Waals surface area (Å²) in [6.45, 7) is 2.88. The zero-order valence-electron chi connectivity index (χ0n) is 11.2. The molecular weight excluding hydrogens is 228 g/mol. The SMILES string of the molecule is O=C(CCC1CCCCO1)NC1CCCCNC1. The summed E-state index contributed by atoms with van der Waals surface area (Å²) in [5, 5.41) is 6.51. The van der Waals surface area contributed by atoms with Crippen LogP contribution in [0.15, 0.2) is 0 Å². The molecule has 2 atom stereocenters. The van der Waals surface area contributed by atoms with Gasteiger partial charge in [-0.05, 0) is 45.1 Å². The van der Waals surface area contributed by atoms with Crippen LogP contribution in [0, 0.1) is 0 Å². The van der Waals surface area contributed by atoms with E-state index in [1.807, 2.05) is 0 Å². The Morgan fingerprint density at radius 1 is 1.22 bits per heavy atom. The number of carbonyl (C=O) groups is 1. The van der Waals surface area contributed by atoms with Crippen LogP contribution in [-0.4, -0.2) is 37.7 Å². The summed E-state index contributed by atoms with van der Waals surface area (Å²) in [6, 6.07) is 0.326. The molecule has 2 heterocycles. The van der Waals surface area contributed by atoms with Crippen LogP contribution >= 0.6 is 0 Å². The zero-order chi connectivity index (χ0) is 12.6. The standard InChI is InChI=1S/C14H26N2O2/c17-14(8-7-13-6-2-4-10-18-13)16-12-5-1-3-9-15-11-12/h12-13,15H,1-11H2,(H,16,17). The van der Waals surface area contributed by atoms with Crippen LogP contribution in [0.25, 0.3) is 0 Å². The van der Waals surface area contributed by atoms with E-state index in [9.17, 15) is 4.79 Å². The molecule has 0 radical (unpaired) electrons. The lowest BCUT2D eigenvalue weighted by atomic mass is 10.0. The molecule has 2 unspecified atom stereocenters. The first kappa shape index (κ1) is 13.8. The Morgan fingerprint density at radius 3 is 2.94 bits per heavy atom. The van der Waals surface area contributed by atoms with Crippen LogP contribution in [-0.2, 0) is 9.53 Å². The van der Waals surface area contributed by atoms with Crippen molar-refractivity contribution in [3.63, 3.8) is 0 Å². The second-order valence-electron chi connectivity index (χ2n) is 5.49. The Balaban J connectivity index is 1.61. The fraction of sp³-hybridized carbons (Fsp3) is 0.929. The van der Waals surface area contributed by atoms with Crippen LogP contribution < -0.4 is 10.6 Å². The lowest BCUT2D eigenvalue weighted by molar-refractivity contribution is -0.122. The van der Waals surface area contributed by atoms with Gasteiger partial charge < -0.3 is 15.4 Å². The molecule has 0 bridgehead atoms. The second kappa shape index (κ2) is 7.74. The van der Waals surface area contributed by atoms with Gasteiger partial charge in [0.15, 0.2) is 0 Å². The number of amides is 1. The second-order valence-corrected chi connectivity index (χ2v) is 5.49. The Morgan fingerprint density at radius 2 is 2.11 bits per heavy atom. The molecule has 4 heteroatoms. The summed E-state index contributed by atoms with van der Waals surface area (Å²) in [6.07, 6.45) is 8.91. The molecule has 0 aromatic rings. The van der Waals surface area contributed by atoms with Crippen molar-refractivity contribution < 1.29 is 9.53 Å². The van der Waals surface area contributed by atoms with Crippen LogP contribution in [0.1, 0.15) is 51.4 Å². The molecule has 0 spiro atoms. The minimum absolute atomic E-state index is 0.192. The number of hydrogen-bond donors (Lipinski definition) is 2. The van der Waals surface area contributed by atoms with Crippen molar-refractivity contribution >= 4 is 5.91 Å². The number of ether oxygens (including phenoxy) is 1. The lowest BCUT2D eigenvalue weighted by Gasteiger charge is -2.23. The van der Waals surface area contributed by atoms with E-state index in [1.165, 1.54) is 25.7 Å². The van der Waals surface area contributed by atoms with Crippen LogP contribution in [0.2, 0.25) is 0 Å². The molecule has 2 N–H and O–H groups in total. The van der Waals surface area contributed by atoms with E-state index in [-0.39, 0.29) is 5.91 Å². The number of nitrogens with one attached hydrogen (secondary N) is 2. The molecule has 0 aromatic heterocycles. The van der Waals surface area contributed by atoms with E-state index in [2.05, 4.69) is 10.6 Å². The average Bonchev–Trinajstić information content (AvgIpc) is 2.66. The maximum absolute atomic E-state index is 11.9. The highest BCUT2D eigenvalue weighted by atomic mass is 16.5. The molecule has 4 nitrogen and oxygen atoms in total. The minimum atomic E-state index is 0.192. The fourth-order valence-electron chi connectivity index (χ4n) is 2.77.